The summed E-state index contributed by atoms with van der Waals surface area (Å²) < 4.78 is 5.54. The Bertz CT molecular complexity index is 409. The van der Waals surface area contributed by atoms with Gasteiger partial charge in [-0.2, -0.15) is 0 Å². The fraction of sp³-hybridized carbons (Fsp3) is 0.364. The van der Waals surface area contributed by atoms with Gasteiger partial charge in [0, 0.05) is 17.1 Å². The molecule has 0 fully saturated rings. The Labute approximate surface area is 98.9 Å². The van der Waals surface area contributed by atoms with Crippen LogP contribution in [0.1, 0.15) is 5.56 Å². The molecule has 0 aromatic heterocycles. The molecule has 1 amide bonds. The molecular formula is C11H13ClN2O2. The van der Waals surface area contributed by atoms with Gasteiger partial charge in [-0.05, 0) is 12.1 Å². The molecule has 1 aromatic rings. The molecule has 0 radical (unpaired) electrons. The highest BCUT2D eigenvalue weighted by atomic mass is 35.5. The van der Waals surface area contributed by atoms with Crippen molar-refractivity contribution < 1.29 is 9.53 Å². The van der Waals surface area contributed by atoms with Crippen molar-refractivity contribution >= 4 is 17.5 Å². The Morgan fingerprint density at radius 2 is 2.38 bits per heavy atom. The van der Waals surface area contributed by atoms with Crippen molar-refractivity contribution in [3.8, 4) is 5.75 Å². The van der Waals surface area contributed by atoms with E-state index in [0.29, 0.717) is 24.7 Å². The molecule has 1 aliphatic heterocycles. The van der Waals surface area contributed by atoms with E-state index in [0.717, 1.165) is 11.3 Å². The number of fused-ring (bicyclic) bond motifs is 1. The summed E-state index contributed by atoms with van der Waals surface area (Å²) in [6.07, 6.45) is 0. The molecule has 5 heteroatoms. The number of nitrogens with two attached hydrogens (primary N) is 1. The number of halogens is 1. The highest BCUT2D eigenvalue weighted by Gasteiger charge is 2.18. The zero-order valence-corrected chi connectivity index (χ0v) is 9.54. The smallest absolute Gasteiger partial charge is 0.236 e. The first-order chi connectivity index (χ1) is 7.70. The third-order valence-electron chi connectivity index (χ3n) is 2.54. The number of ether oxygens (including phenoxy) is 1. The Hall–Kier alpha value is -1.26. The van der Waals surface area contributed by atoms with E-state index in [1.165, 1.54) is 0 Å². The van der Waals surface area contributed by atoms with Gasteiger partial charge in [0.25, 0.3) is 0 Å². The van der Waals surface area contributed by atoms with E-state index in [-0.39, 0.29) is 12.5 Å². The maximum atomic E-state index is 11.5. The monoisotopic (exact) mass is 240 g/mol. The van der Waals surface area contributed by atoms with Gasteiger partial charge in [0.2, 0.25) is 5.91 Å². The molecular weight excluding hydrogens is 228 g/mol. The van der Waals surface area contributed by atoms with Crippen molar-refractivity contribution in [3.05, 3.63) is 28.8 Å². The predicted molar refractivity (Wildman–Crippen MR) is 61.4 cm³/mol. The number of carbonyl (C=O) groups excluding carboxylic acids is 1. The summed E-state index contributed by atoms with van der Waals surface area (Å²) in [4.78, 5) is 13.2. The molecule has 2 rings (SSSR count). The van der Waals surface area contributed by atoms with E-state index in [1.54, 1.807) is 17.0 Å². The van der Waals surface area contributed by atoms with Gasteiger partial charge in [-0.15, -0.1) is 0 Å². The van der Waals surface area contributed by atoms with Crippen molar-refractivity contribution in [2.45, 2.75) is 6.54 Å². The van der Waals surface area contributed by atoms with Crippen LogP contribution < -0.4 is 10.5 Å². The van der Waals surface area contributed by atoms with E-state index in [9.17, 15) is 4.79 Å². The minimum atomic E-state index is -0.0635. The Morgan fingerprint density at radius 1 is 1.56 bits per heavy atom. The lowest BCUT2D eigenvalue weighted by molar-refractivity contribution is -0.130. The molecule has 0 spiro atoms. The van der Waals surface area contributed by atoms with Crippen LogP contribution in [-0.2, 0) is 11.3 Å². The molecule has 0 saturated carbocycles. The lowest BCUT2D eigenvalue weighted by atomic mass is 10.2. The van der Waals surface area contributed by atoms with Crippen molar-refractivity contribution in [2.75, 3.05) is 19.7 Å². The lowest BCUT2D eigenvalue weighted by Gasteiger charge is -2.18. The molecule has 0 atom stereocenters. The van der Waals surface area contributed by atoms with Crippen molar-refractivity contribution in [3.63, 3.8) is 0 Å². The van der Waals surface area contributed by atoms with Gasteiger partial charge >= 0.3 is 0 Å². The molecule has 4 nitrogen and oxygen atoms in total. The lowest BCUT2D eigenvalue weighted by Crippen LogP contribution is -2.36. The molecule has 16 heavy (non-hydrogen) atoms. The van der Waals surface area contributed by atoms with Crippen LogP contribution >= 0.6 is 11.6 Å². The molecule has 0 unspecified atom stereocenters. The fourth-order valence-electron chi connectivity index (χ4n) is 1.69. The second-order valence-electron chi connectivity index (χ2n) is 3.62. The average Bonchev–Trinajstić information content (AvgIpc) is 2.49. The quantitative estimate of drug-likeness (QED) is 0.798. The number of hydrogen-bond acceptors (Lipinski definition) is 3. The van der Waals surface area contributed by atoms with Crippen LogP contribution in [-0.4, -0.2) is 30.5 Å². The summed E-state index contributed by atoms with van der Waals surface area (Å²) in [6.45, 7) is 1.59. The van der Waals surface area contributed by atoms with E-state index in [1.807, 2.05) is 6.07 Å². The zero-order chi connectivity index (χ0) is 11.5. The molecule has 0 saturated heterocycles. The van der Waals surface area contributed by atoms with Gasteiger partial charge in [0.15, 0.2) is 0 Å². The summed E-state index contributed by atoms with van der Waals surface area (Å²) in [5.41, 5.74) is 6.31. The number of amides is 1. The Kier molecular flexibility index (Phi) is 3.31. The highest BCUT2D eigenvalue weighted by molar-refractivity contribution is 6.30. The number of benzene rings is 1. The number of carbonyl (C=O) groups is 1. The topological polar surface area (TPSA) is 55.6 Å². The first-order valence-corrected chi connectivity index (χ1v) is 5.47. The third kappa shape index (κ3) is 2.28. The normalized spacial score (nSPS) is 15.0. The Morgan fingerprint density at radius 3 is 3.12 bits per heavy atom. The Balaban J connectivity index is 2.24. The summed E-state index contributed by atoms with van der Waals surface area (Å²) in [5, 5.41) is 0.636. The molecule has 1 heterocycles. The molecule has 86 valence electrons. The van der Waals surface area contributed by atoms with Crippen LogP contribution in [0.25, 0.3) is 0 Å². The van der Waals surface area contributed by atoms with Crippen molar-refractivity contribution in [1.29, 1.82) is 0 Å². The summed E-state index contributed by atoms with van der Waals surface area (Å²) in [6, 6.07) is 5.44. The van der Waals surface area contributed by atoms with Crippen molar-refractivity contribution in [2.24, 2.45) is 5.73 Å². The number of hydrogen-bond donors (Lipinski definition) is 1. The van der Waals surface area contributed by atoms with Crippen molar-refractivity contribution in [1.82, 2.24) is 4.90 Å². The fourth-order valence-corrected chi connectivity index (χ4v) is 1.85. The second-order valence-corrected chi connectivity index (χ2v) is 4.06. The summed E-state index contributed by atoms with van der Waals surface area (Å²) >= 11 is 5.88. The van der Waals surface area contributed by atoms with Crippen LogP contribution in [0.4, 0.5) is 0 Å². The first kappa shape index (κ1) is 11.2. The van der Waals surface area contributed by atoms with Gasteiger partial charge in [-0.1, -0.05) is 17.7 Å². The van der Waals surface area contributed by atoms with E-state index < -0.39 is 0 Å². The molecule has 0 aliphatic carbocycles. The zero-order valence-electron chi connectivity index (χ0n) is 8.78. The predicted octanol–water partition coefficient (Wildman–Crippen LogP) is 1.02. The second kappa shape index (κ2) is 4.72. The first-order valence-electron chi connectivity index (χ1n) is 5.10. The molecule has 0 bridgehead atoms. The average molecular weight is 241 g/mol. The third-order valence-corrected chi connectivity index (χ3v) is 2.77. The van der Waals surface area contributed by atoms with E-state index in [4.69, 9.17) is 22.1 Å². The van der Waals surface area contributed by atoms with Gasteiger partial charge in [-0.25, -0.2) is 0 Å². The van der Waals surface area contributed by atoms with Crippen LogP contribution in [0.5, 0.6) is 5.75 Å². The van der Waals surface area contributed by atoms with E-state index >= 15 is 0 Å². The van der Waals surface area contributed by atoms with Crippen LogP contribution in [0.2, 0.25) is 5.02 Å². The highest BCUT2D eigenvalue weighted by Crippen LogP contribution is 2.26. The van der Waals surface area contributed by atoms with Gasteiger partial charge < -0.3 is 15.4 Å². The maximum absolute atomic E-state index is 11.5. The summed E-state index contributed by atoms with van der Waals surface area (Å²) in [5.74, 6) is 0.686. The van der Waals surface area contributed by atoms with Crippen LogP contribution in [0.3, 0.4) is 0 Å². The SMILES string of the molecule is NCC(=O)N1CCOc2cc(Cl)ccc2C1. The standard InChI is InChI=1S/C11H13ClN2O2/c12-9-2-1-8-7-14(11(15)6-13)3-4-16-10(8)5-9/h1-2,5H,3-4,6-7,13H2. The van der Waals surface area contributed by atoms with Gasteiger partial charge in [-0.3, -0.25) is 4.79 Å². The van der Waals surface area contributed by atoms with Gasteiger partial charge in [0.1, 0.15) is 12.4 Å². The van der Waals surface area contributed by atoms with Gasteiger partial charge in [0.05, 0.1) is 13.1 Å². The van der Waals surface area contributed by atoms with Crippen LogP contribution in [0.15, 0.2) is 18.2 Å². The van der Waals surface area contributed by atoms with E-state index in [2.05, 4.69) is 0 Å². The van der Waals surface area contributed by atoms with Crippen LogP contribution in [0, 0.1) is 0 Å². The number of rotatable bonds is 1. The molecule has 1 aromatic carbocycles. The summed E-state index contributed by atoms with van der Waals surface area (Å²) in [7, 11) is 0. The molecule has 1 aliphatic rings. The minimum absolute atomic E-state index is 0.0307. The minimum Gasteiger partial charge on any atom is -0.491 e. The molecule has 2 N–H and O–H groups in total. The largest absolute Gasteiger partial charge is 0.491 e. The maximum Gasteiger partial charge on any atom is 0.236 e. The number of nitrogens with zero attached hydrogens (tertiary/aromatic N) is 1.